The Balaban J connectivity index is 1.45. The maximum Gasteiger partial charge on any atom is 0.228 e. The molecule has 3 aromatic heterocycles. The molecule has 0 spiro atoms. The van der Waals surface area contributed by atoms with Crippen LogP contribution in [0.15, 0.2) is 42.7 Å². The van der Waals surface area contributed by atoms with Gasteiger partial charge in [0.2, 0.25) is 5.91 Å². The van der Waals surface area contributed by atoms with E-state index in [1.807, 2.05) is 32.0 Å². The molecular formula is C22H23ClN6O. The summed E-state index contributed by atoms with van der Waals surface area (Å²) in [6, 6.07) is 9.14. The Morgan fingerprint density at radius 2 is 1.90 bits per heavy atom. The molecular weight excluding hydrogens is 400 g/mol. The molecule has 1 aliphatic heterocycles. The maximum atomic E-state index is 12.6. The third-order valence-corrected chi connectivity index (χ3v) is 5.63. The number of hydrogen-bond donors (Lipinski definition) is 1. The molecule has 1 aliphatic rings. The molecule has 0 aliphatic carbocycles. The lowest BCUT2D eigenvalue weighted by Crippen LogP contribution is -2.39. The minimum Gasteiger partial charge on any atom is -0.356 e. The van der Waals surface area contributed by atoms with Gasteiger partial charge in [0.15, 0.2) is 5.82 Å². The normalized spacial score (nSPS) is 14.6. The van der Waals surface area contributed by atoms with Gasteiger partial charge in [-0.15, -0.1) is 0 Å². The van der Waals surface area contributed by atoms with Crippen LogP contribution >= 0.6 is 11.6 Å². The van der Waals surface area contributed by atoms with Crippen LogP contribution in [0.3, 0.4) is 0 Å². The average Bonchev–Trinajstić information content (AvgIpc) is 2.78. The van der Waals surface area contributed by atoms with Gasteiger partial charge in [0.05, 0.1) is 5.02 Å². The van der Waals surface area contributed by atoms with Gasteiger partial charge in [0.25, 0.3) is 0 Å². The molecule has 0 unspecified atom stereocenters. The number of rotatable bonds is 4. The number of halogens is 1. The number of hydrogen-bond acceptors (Lipinski definition) is 6. The van der Waals surface area contributed by atoms with Gasteiger partial charge < -0.3 is 10.2 Å². The summed E-state index contributed by atoms with van der Waals surface area (Å²) in [6.07, 6.45) is 4.77. The van der Waals surface area contributed by atoms with Crippen LogP contribution in [0.2, 0.25) is 5.02 Å². The van der Waals surface area contributed by atoms with E-state index in [1.165, 1.54) is 6.20 Å². The highest BCUT2D eigenvalue weighted by Crippen LogP contribution is 2.28. The van der Waals surface area contributed by atoms with E-state index in [-0.39, 0.29) is 11.8 Å². The summed E-state index contributed by atoms with van der Waals surface area (Å²) >= 11 is 5.85. The van der Waals surface area contributed by atoms with Crippen LogP contribution in [0.1, 0.15) is 24.1 Å². The number of pyridine rings is 2. The smallest absolute Gasteiger partial charge is 0.228 e. The van der Waals surface area contributed by atoms with E-state index >= 15 is 0 Å². The van der Waals surface area contributed by atoms with Crippen molar-refractivity contribution in [2.24, 2.45) is 5.92 Å². The summed E-state index contributed by atoms with van der Waals surface area (Å²) < 4.78 is 0. The Bertz CT molecular complexity index is 1030. The van der Waals surface area contributed by atoms with E-state index in [4.69, 9.17) is 16.6 Å². The lowest BCUT2D eigenvalue weighted by atomic mass is 9.95. The first-order chi connectivity index (χ1) is 14.5. The molecule has 8 heteroatoms. The number of aryl methyl sites for hydroxylation is 1. The van der Waals surface area contributed by atoms with Crippen molar-refractivity contribution in [3.63, 3.8) is 0 Å². The number of nitrogens with zero attached hydrogens (tertiary/aromatic N) is 5. The van der Waals surface area contributed by atoms with Gasteiger partial charge in [0, 0.05) is 42.7 Å². The van der Waals surface area contributed by atoms with Crippen LogP contribution in [0.25, 0.3) is 11.5 Å². The molecule has 7 nitrogen and oxygen atoms in total. The molecule has 1 N–H and O–H groups in total. The Hall–Kier alpha value is -3.06. The SMILES string of the molecule is Cc1nc(-c2ccccn2)nc(N2CCC(C(=O)Nc3ccc(Cl)cn3)CC2)c1C. The predicted molar refractivity (Wildman–Crippen MR) is 118 cm³/mol. The molecule has 1 fully saturated rings. The summed E-state index contributed by atoms with van der Waals surface area (Å²) in [7, 11) is 0. The standard InChI is InChI=1S/C22H23ClN6O/c1-14-15(2)26-20(18-5-3-4-10-24-18)28-21(14)29-11-8-16(9-12-29)22(30)27-19-7-6-17(23)13-25-19/h3-7,10,13,16H,8-9,11-12H2,1-2H3,(H,25,27,30). The van der Waals surface area contributed by atoms with Crippen LogP contribution < -0.4 is 10.2 Å². The monoisotopic (exact) mass is 422 g/mol. The largest absolute Gasteiger partial charge is 0.356 e. The Kier molecular flexibility index (Phi) is 5.90. The first-order valence-corrected chi connectivity index (χ1v) is 10.3. The van der Waals surface area contributed by atoms with E-state index in [0.29, 0.717) is 16.7 Å². The molecule has 154 valence electrons. The molecule has 4 heterocycles. The molecule has 0 bridgehead atoms. The third kappa shape index (κ3) is 4.41. The van der Waals surface area contributed by atoms with Crippen molar-refractivity contribution in [2.45, 2.75) is 26.7 Å². The number of aromatic nitrogens is 4. The minimum absolute atomic E-state index is 0.00534. The van der Waals surface area contributed by atoms with Gasteiger partial charge in [-0.1, -0.05) is 17.7 Å². The van der Waals surface area contributed by atoms with Gasteiger partial charge in [0.1, 0.15) is 17.3 Å². The van der Waals surface area contributed by atoms with E-state index < -0.39 is 0 Å². The predicted octanol–water partition coefficient (Wildman–Crippen LogP) is 4.06. The molecule has 30 heavy (non-hydrogen) atoms. The van der Waals surface area contributed by atoms with Crippen molar-refractivity contribution in [1.29, 1.82) is 0 Å². The molecule has 0 aromatic carbocycles. The fourth-order valence-corrected chi connectivity index (χ4v) is 3.67. The highest BCUT2D eigenvalue weighted by molar-refractivity contribution is 6.30. The van der Waals surface area contributed by atoms with E-state index in [0.717, 1.165) is 48.7 Å². The number of amides is 1. The minimum atomic E-state index is -0.0581. The van der Waals surface area contributed by atoms with Gasteiger partial charge in [-0.3, -0.25) is 9.78 Å². The number of anilines is 2. The molecule has 0 saturated carbocycles. The van der Waals surface area contributed by atoms with E-state index in [9.17, 15) is 4.79 Å². The zero-order chi connectivity index (χ0) is 21.1. The molecule has 0 atom stereocenters. The second kappa shape index (κ2) is 8.75. The third-order valence-electron chi connectivity index (χ3n) is 5.40. The van der Waals surface area contributed by atoms with Crippen molar-refractivity contribution in [3.8, 4) is 11.5 Å². The molecule has 1 saturated heterocycles. The summed E-state index contributed by atoms with van der Waals surface area (Å²) in [5.74, 6) is 2.00. The molecule has 4 rings (SSSR count). The molecule has 3 aromatic rings. The number of carbonyl (C=O) groups excluding carboxylic acids is 1. The van der Waals surface area contributed by atoms with Crippen molar-refractivity contribution in [3.05, 3.63) is 59.0 Å². The Morgan fingerprint density at radius 3 is 2.57 bits per heavy atom. The topological polar surface area (TPSA) is 83.9 Å². The van der Waals surface area contributed by atoms with Crippen LogP contribution in [-0.2, 0) is 4.79 Å². The van der Waals surface area contributed by atoms with Crippen molar-refractivity contribution < 1.29 is 4.79 Å². The van der Waals surface area contributed by atoms with Crippen LogP contribution in [0, 0.1) is 19.8 Å². The van der Waals surface area contributed by atoms with E-state index in [2.05, 4.69) is 25.2 Å². The van der Waals surface area contributed by atoms with Crippen LogP contribution in [-0.4, -0.2) is 38.9 Å². The highest BCUT2D eigenvalue weighted by Gasteiger charge is 2.27. The second-order valence-electron chi connectivity index (χ2n) is 7.41. The van der Waals surface area contributed by atoms with Gasteiger partial charge in [-0.05, 0) is 51.0 Å². The van der Waals surface area contributed by atoms with Gasteiger partial charge in [-0.2, -0.15) is 0 Å². The highest BCUT2D eigenvalue weighted by atomic mass is 35.5. The lowest BCUT2D eigenvalue weighted by Gasteiger charge is -2.33. The number of piperidine rings is 1. The van der Waals surface area contributed by atoms with Gasteiger partial charge in [-0.25, -0.2) is 15.0 Å². The summed E-state index contributed by atoms with van der Waals surface area (Å²) in [4.78, 5) is 32.8. The second-order valence-corrected chi connectivity index (χ2v) is 7.84. The van der Waals surface area contributed by atoms with Crippen molar-refractivity contribution >= 4 is 29.1 Å². The molecule has 1 amide bonds. The molecule has 0 radical (unpaired) electrons. The summed E-state index contributed by atoms with van der Waals surface area (Å²) in [6.45, 7) is 5.54. The summed E-state index contributed by atoms with van der Waals surface area (Å²) in [5.41, 5.74) is 2.75. The fraction of sp³-hybridized carbons (Fsp3) is 0.318. The Labute approximate surface area is 180 Å². The zero-order valence-electron chi connectivity index (χ0n) is 17.0. The van der Waals surface area contributed by atoms with Crippen molar-refractivity contribution in [1.82, 2.24) is 19.9 Å². The first kappa shape index (κ1) is 20.2. The van der Waals surface area contributed by atoms with Crippen molar-refractivity contribution in [2.75, 3.05) is 23.3 Å². The number of nitrogens with one attached hydrogen (secondary N) is 1. The van der Waals surface area contributed by atoms with Gasteiger partial charge >= 0.3 is 0 Å². The summed E-state index contributed by atoms with van der Waals surface area (Å²) in [5, 5.41) is 3.43. The average molecular weight is 423 g/mol. The lowest BCUT2D eigenvalue weighted by molar-refractivity contribution is -0.120. The fourth-order valence-electron chi connectivity index (χ4n) is 3.56. The zero-order valence-corrected chi connectivity index (χ0v) is 17.7. The Morgan fingerprint density at radius 1 is 1.10 bits per heavy atom. The first-order valence-electron chi connectivity index (χ1n) is 9.95. The quantitative estimate of drug-likeness (QED) is 0.682. The number of carbonyl (C=O) groups is 1. The maximum absolute atomic E-state index is 12.6. The van der Waals surface area contributed by atoms with Crippen LogP contribution in [0.4, 0.5) is 11.6 Å². The van der Waals surface area contributed by atoms with Crippen LogP contribution in [0.5, 0.6) is 0 Å². The van der Waals surface area contributed by atoms with E-state index in [1.54, 1.807) is 18.3 Å².